The third-order valence-electron chi connectivity index (χ3n) is 5.65. The van der Waals surface area contributed by atoms with Crippen molar-refractivity contribution in [2.24, 2.45) is 11.7 Å². The highest BCUT2D eigenvalue weighted by molar-refractivity contribution is 5.96. The van der Waals surface area contributed by atoms with Gasteiger partial charge in [0, 0.05) is 17.8 Å². The number of aryl methyl sites for hydroxylation is 1. The van der Waals surface area contributed by atoms with Gasteiger partial charge in [0.2, 0.25) is 5.91 Å². The lowest BCUT2D eigenvalue weighted by Crippen LogP contribution is -2.50. The molecule has 10 nitrogen and oxygen atoms in total. The van der Waals surface area contributed by atoms with Gasteiger partial charge in [-0.2, -0.15) is 0 Å². The Bertz CT molecular complexity index is 1110. The van der Waals surface area contributed by atoms with Gasteiger partial charge in [-0.05, 0) is 63.6 Å². The minimum absolute atomic E-state index is 0.0984. The van der Waals surface area contributed by atoms with Crippen LogP contribution in [0.25, 0.3) is 0 Å². The SMILES string of the molecule is CCc1nc(C(N)=O)c(Nc2cccc(CCNC(=O)CN(C(=O)OC)C(C)(C)C)c2)nc1CC(C)C. The van der Waals surface area contributed by atoms with Gasteiger partial charge in [0.25, 0.3) is 5.91 Å². The number of nitrogens with two attached hydrogens (primary N) is 1. The monoisotopic (exact) mass is 512 g/mol. The summed E-state index contributed by atoms with van der Waals surface area (Å²) in [4.78, 5) is 47.2. The zero-order valence-corrected chi connectivity index (χ0v) is 23.0. The maximum absolute atomic E-state index is 12.4. The van der Waals surface area contributed by atoms with Crippen LogP contribution in [0.4, 0.5) is 16.3 Å². The van der Waals surface area contributed by atoms with Crippen molar-refractivity contribution in [3.8, 4) is 0 Å². The van der Waals surface area contributed by atoms with Crippen LogP contribution in [-0.2, 0) is 28.8 Å². The second-order valence-corrected chi connectivity index (χ2v) is 10.3. The van der Waals surface area contributed by atoms with Gasteiger partial charge >= 0.3 is 6.09 Å². The Morgan fingerprint density at radius 3 is 2.41 bits per heavy atom. The van der Waals surface area contributed by atoms with E-state index in [1.165, 1.54) is 12.0 Å². The van der Waals surface area contributed by atoms with Crippen LogP contribution in [0.2, 0.25) is 0 Å². The third-order valence-corrected chi connectivity index (χ3v) is 5.65. The Balaban J connectivity index is 2.11. The molecule has 2 rings (SSSR count). The molecule has 1 aromatic heterocycles. The fraction of sp³-hybridized carbons (Fsp3) is 0.519. The Kier molecular flexibility index (Phi) is 10.4. The fourth-order valence-corrected chi connectivity index (χ4v) is 3.77. The maximum Gasteiger partial charge on any atom is 0.410 e. The number of carbonyl (C=O) groups is 3. The number of hydrogen-bond acceptors (Lipinski definition) is 7. The molecule has 0 bridgehead atoms. The third kappa shape index (κ3) is 8.73. The maximum atomic E-state index is 12.4. The van der Waals surface area contributed by atoms with Crippen LogP contribution >= 0.6 is 0 Å². The lowest BCUT2D eigenvalue weighted by Gasteiger charge is -2.33. The van der Waals surface area contributed by atoms with E-state index in [9.17, 15) is 14.4 Å². The normalized spacial score (nSPS) is 11.2. The summed E-state index contributed by atoms with van der Waals surface area (Å²) in [7, 11) is 1.29. The highest BCUT2D eigenvalue weighted by Gasteiger charge is 2.29. The lowest BCUT2D eigenvalue weighted by molar-refractivity contribution is -0.123. The number of benzene rings is 1. The van der Waals surface area contributed by atoms with E-state index in [1.54, 1.807) is 0 Å². The van der Waals surface area contributed by atoms with E-state index < -0.39 is 17.5 Å². The van der Waals surface area contributed by atoms with E-state index in [-0.39, 0.29) is 18.1 Å². The summed E-state index contributed by atoms with van der Waals surface area (Å²) in [5.41, 5.74) is 8.47. The number of methoxy groups -OCH3 is 1. The van der Waals surface area contributed by atoms with Crippen molar-refractivity contribution in [2.75, 3.05) is 25.5 Å². The summed E-state index contributed by atoms with van der Waals surface area (Å²) >= 11 is 0. The number of ether oxygens (including phenoxy) is 1. The summed E-state index contributed by atoms with van der Waals surface area (Å²) in [5, 5.41) is 6.05. The number of nitrogens with one attached hydrogen (secondary N) is 2. The second-order valence-electron chi connectivity index (χ2n) is 10.3. The van der Waals surface area contributed by atoms with Crippen LogP contribution in [0.3, 0.4) is 0 Å². The zero-order valence-electron chi connectivity index (χ0n) is 23.0. The van der Waals surface area contributed by atoms with Crippen molar-refractivity contribution >= 4 is 29.4 Å². The lowest BCUT2D eigenvalue weighted by atomic mass is 10.0. The molecule has 0 saturated carbocycles. The van der Waals surface area contributed by atoms with Crippen LogP contribution < -0.4 is 16.4 Å². The average molecular weight is 513 g/mol. The first kappa shape index (κ1) is 29.5. The van der Waals surface area contributed by atoms with Crippen molar-refractivity contribution in [3.63, 3.8) is 0 Å². The first-order valence-corrected chi connectivity index (χ1v) is 12.5. The predicted molar refractivity (Wildman–Crippen MR) is 144 cm³/mol. The molecule has 1 aromatic carbocycles. The van der Waals surface area contributed by atoms with E-state index in [2.05, 4.69) is 29.5 Å². The number of nitrogens with zero attached hydrogens (tertiary/aromatic N) is 3. The van der Waals surface area contributed by atoms with Crippen LogP contribution in [0.1, 0.15) is 69.0 Å². The van der Waals surface area contributed by atoms with Crippen molar-refractivity contribution < 1.29 is 19.1 Å². The molecule has 0 aliphatic rings. The van der Waals surface area contributed by atoms with Gasteiger partial charge in [-0.3, -0.25) is 14.5 Å². The van der Waals surface area contributed by atoms with Gasteiger partial charge in [-0.25, -0.2) is 14.8 Å². The number of anilines is 2. The van der Waals surface area contributed by atoms with Crippen molar-refractivity contribution in [1.29, 1.82) is 0 Å². The summed E-state index contributed by atoms with van der Waals surface area (Å²) in [6, 6.07) is 7.61. The highest BCUT2D eigenvalue weighted by Crippen LogP contribution is 2.22. The molecular formula is C27H40N6O4. The number of carbonyl (C=O) groups excluding carboxylic acids is 3. The van der Waals surface area contributed by atoms with E-state index in [0.717, 1.165) is 29.1 Å². The molecule has 1 heterocycles. The molecule has 0 unspecified atom stereocenters. The Morgan fingerprint density at radius 1 is 1.14 bits per heavy atom. The standard InChI is InChI=1S/C27H40N6O4/c1-8-20-21(14-17(2)3)32-25(23(31-20)24(28)35)30-19-11-9-10-18(15-19)12-13-29-22(34)16-33(26(36)37-7)27(4,5)6/h9-11,15,17H,8,12-14,16H2,1-7H3,(H2,28,35)(H,29,34)(H,30,32). The number of rotatable bonds is 11. The summed E-state index contributed by atoms with van der Waals surface area (Å²) in [6.45, 7) is 12.0. The number of amides is 3. The molecule has 10 heteroatoms. The van der Waals surface area contributed by atoms with E-state index in [1.807, 2.05) is 52.0 Å². The molecule has 0 atom stereocenters. The minimum atomic E-state index is -0.643. The molecule has 0 radical (unpaired) electrons. The minimum Gasteiger partial charge on any atom is -0.453 e. The molecule has 2 aromatic rings. The summed E-state index contributed by atoms with van der Waals surface area (Å²) < 4.78 is 4.80. The fourth-order valence-electron chi connectivity index (χ4n) is 3.77. The zero-order chi connectivity index (χ0) is 27.8. The topological polar surface area (TPSA) is 140 Å². The van der Waals surface area contributed by atoms with Crippen molar-refractivity contribution in [1.82, 2.24) is 20.2 Å². The Morgan fingerprint density at radius 2 is 1.84 bits per heavy atom. The molecule has 37 heavy (non-hydrogen) atoms. The van der Waals surface area contributed by atoms with Gasteiger partial charge in [0.1, 0.15) is 6.54 Å². The van der Waals surface area contributed by atoms with Gasteiger partial charge < -0.3 is 21.1 Å². The molecule has 0 aliphatic heterocycles. The number of hydrogen-bond donors (Lipinski definition) is 3. The first-order valence-electron chi connectivity index (χ1n) is 12.5. The van der Waals surface area contributed by atoms with Gasteiger partial charge in [0.15, 0.2) is 11.5 Å². The molecule has 4 N–H and O–H groups in total. The summed E-state index contributed by atoms with van der Waals surface area (Å²) in [6.07, 6.45) is 1.41. The molecular weight excluding hydrogens is 472 g/mol. The Hall–Kier alpha value is -3.69. The van der Waals surface area contributed by atoms with E-state index in [0.29, 0.717) is 31.1 Å². The van der Waals surface area contributed by atoms with E-state index >= 15 is 0 Å². The van der Waals surface area contributed by atoms with Gasteiger partial charge in [-0.15, -0.1) is 0 Å². The van der Waals surface area contributed by atoms with Gasteiger partial charge in [-0.1, -0.05) is 32.9 Å². The molecule has 0 saturated heterocycles. The smallest absolute Gasteiger partial charge is 0.410 e. The highest BCUT2D eigenvalue weighted by atomic mass is 16.5. The first-order chi connectivity index (χ1) is 17.3. The number of primary amides is 1. The molecule has 0 fully saturated rings. The Labute approximate surface area is 219 Å². The van der Waals surface area contributed by atoms with Crippen LogP contribution in [0.5, 0.6) is 0 Å². The largest absolute Gasteiger partial charge is 0.453 e. The van der Waals surface area contributed by atoms with Gasteiger partial charge in [0.05, 0.1) is 18.5 Å². The average Bonchev–Trinajstić information content (AvgIpc) is 2.81. The quantitative estimate of drug-likeness (QED) is 0.418. The summed E-state index contributed by atoms with van der Waals surface area (Å²) in [5.74, 6) is -0.204. The molecule has 3 amide bonds. The van der Waals surface area contributed by atoms with E-state index in [4.69, 9.17) is 15.5 Å². The van der Waals surface area contributed by atoms with Crippen molar-refractivity contribution in [3.05, 3.63) is 46.9 Å². The van der Waals surface area contributed by atoms with Crippen LogP contribution in [0, 0.1) is 5.92 Å². The predicted octanol–water partition coefficient (Wildman–Crippen LogP) is 3.61. The second kappa shape index (κ2) is 13.0. The number of aromatic nitrogens is 2. The molecule has 0 aliphatic carbocycles. The van der Waals surface area contributed by atoms with Crippen LogP contribution in [0.15, 0.2) is 24.3 Å². The molecule has 0 spiro atoms. The molecule has 202 valence electrons. The van der Waals surface area contributed by atoms with Crippen molar-refractivity contribution in [2.45, 2.75) is 66.3 Å². The van der Waals surface area contributed by atoms with Crippen LogP contribution in [-0.4, -0.2) is 58.5 Å².